The predicted octanol–water partition coefficient (Wildman–Crippen LogP) is 2.29. The molecule has 4 heteroatoms. The molecule has 1 saturated heterocycles. The van der Waals surface area contributed by atoms with Gasteiger partial charge in [0.15, 0.2) is 0 Å². The van der Waals surface area contributed by atoms with Crippen molar-refractivity contribution in [3.63, 3.8) is 0 Å². The SMILES string of the molecule is CC(=O)N1CCCN(Cc2cccc3cccnc23)CC1. The van der Waals surface area contributed by atoms with Gasteiger partial charge in [0.2, 0.25) is 5.91 Å². The Morgan fingerprint density at radius 3 is 2.86 bits per heavy atom. The molecule has 21 heavy (non-hydrogen) atoms. The second-order valence-electron chi connectivity index (χ2n) is 5.63. The van der Waals surface area contributed by atoms with Crippen LogP contribution < -0.4 is 0 Å². The number of rotatable bonds is 2. The molecular formula is C17H21N3O. The first-order chi connectivity index (χ1) is 10.2. The van der Waals surface area contributed by atoms with E-state index in [1.807, 2.05) is 17.2 Å². The van der Waals surface area contributed by atoms with E-state index in [2.05, 4.69) is 34.1 Å². The first-order valence-electron chi connectivity index (χ1n) is 7.54. The molecule has 0 atom stereocenters. The second kappa shape index (κ2) is 6.22. The van der Waals surface area contributed by atoms with Crippen LogP contribution in [0.5, 0.6) is 0 Å². The van der Waals surface area contributed by atoms with Crippen molar-refractivity contribution in [3.8, 4) is 0 Å². The van der Waals surface area contributed by atoms with Gasteiger partial charge in [0, 0.05) is 51.2 Å². The van der Waals surface area contributed by atoms with Gasteiger partial charge in [-0.2, -0.15) is 0 Å². The van der Waals surface area contributed by atoms with Gasteiger partial charge in [-0.15, -0.1) is 0 Å². The minimum absolute atomic E-state index is 0.184. The monoisotopic (exact) mass is 283 g/mol. The quantitative estimate of drug-likeness (QED) is 0.848. The van der Waals surface area contributed by atoms with E-state index in [4.69, 9.17) is 0 Å². The molecule has 1 amide bonds. The third-order valence-corrected chi connectivity index (χ3v) is 4.14. The van der Waals surface area contributed by atoms with Crippen LogP contribution in [0.3, 0.4) is 0 Å². The van der Waals surface area contributed by atoms with Crippen LogP contribution in [0.4, 0.5) is 0 Å². The second-order valence-corrected chi connectivity index (χ2v) is 5.63. The number of nitrogens with zero attached hydrogens (tertiary/aromatic N) is 3. The van der Waals surface area contributed by atoms with Crippen molar-refractivity contribution in [2.24, 2.45) is 0 Å². The summed E-state index contributed by atoms with van der Waals surface area (Å²) in [6, 6.07) is 10.4. The number of aromatic nitrogens is 1. The van der Waals surface area contributed by atoms with Crippen LogP contribution in [0.25, 0.3) is 10.9 Å². The molecule has 2 aromatic rings. The Balaban J connectivity index is 1.75. The molecule has 3 rings (SSSR count). The molecule has 1 aromatic carbocycles. The topological polar surface area (TPSA) is 36.4 Å². The van der Waals surface area contributed by atoms with Crippen LogP contribution in [0.15, 0.2) is 36.5 Å². The zero-order valence-corrected chi connectivity index (χ0v) is 12.5. The van der Waals surface area contributed by atoms with E-state index in [9.17, 15) is 4.79 Å². The summed E-state index contributed by atoms with van der Waals surface area (Å²) in [6.45, 7) is 6.23. The molecule has 0 radical (unpaired) electrons. The zero-order chi connectivity index (χ0) is 14.7. The number of hydrogen-bond donors (Lipinski definition) is 0. The molecule has 0 N–H and O–H groups in total. The van der Waals surface area contributed by atoms with E-state index in [1.54, 1.807) is 6.92 Å². The van der Waals surface area contributed by atoms with Gasteiger partial charge in [-0.1, -0.05) is 24.3 Å². The van der Waals surface area contributed by atoms with Crippen molar-refractivity contribution in [2.45, 2.75) is 19.9 Å². The number of carbonyl (C=O) groups excluding carboxylic acids is 1. The van der Waals surface area contributed by atoms with Gasteiger partial charge >= 0.3 is 0 Å². The van der Waals surface area contributed by atoms with Crippen molar-refractivity contribution >= 4 is 16.8 Å². The third-order valence-electron chi connectivity index (χ3n) is 4.14. The van der Waals surface area contributed by atoms with E-state index in [0.717, 1.165) is 44.7 Å². The summed E-state index contributed by atoms with van der Waals surface area (Å²) >= 11 is 0. The van der Waals surface area contributed by atoms with E-state index in [0.29, 0.717) is 0 Å². The average Bonchev–Trinajstić information content (AvgIpc) is 2.73. The molecule has 0 aliphatic carbocycles. The summed E-state index contributed by atoms with van der Waals surface area (Å²) in [5.41, 5.74) is 2.36. The van der Waals surface area contributed by atoms with Crippen LogP contribution in [-0.4, -0.2) is 46.9 Å². The number of hydrogen-bond acceptors (Lipinski definition) is 3. The fraction of sp³-hybridized carbons (Fsp3) is 0.412. The van der Waals surface area contributed by atoms with Gasteiger partial charge in [0.25, 0.3) is 0 Å². The lowest BCUT2D eigenvalue weighted by molar-refractivity contribution is -0.128. The average molecular weight is 283 g/mol. The Kier molecular flexibility index (Phi) is 4.15. The lowest BCUT2D eigenvalue weighted by Gasteiger charge is -2.21. The van der Waals surface area contributed by atoms with Gasteiger partial charge in [-0.05, 0) is 18.1 Å². The standard InChI is InChI=1S/C17H21N3O/c1-14(21)20-10-4-9-19(11-12-20)13-16-6-2-5-15-7-3-8-18-17(15)16/h2-3,5-8H,4,9-13H2,1H3. The maximum absolute atomic E-state index is 11.5. The molecular weight excluding hydrogens is 262 g/mol. The van der Waals surface area contributed by atoms with Crippen LogP contribution in [0.1, 0.15) is 18.9 Å². The largest absolute Gasteiger partial charge is 0.342 e. The summed E-state index contributed by atoms with van der Waals surface area (Å²) in [5.74, 6) is 0.184. The third kappa shape index (κ3) is 3.22. The summed E-state index contributed by atoms with van der Waals surface area (Å²) in [4.78, 5) is 20.4. The van der Waals surface area contributed by atoms with Crippen molar-refractivity contribution in [3.05, 3.63) is 42.1 Å². The molecule has 1 aromatic heterocycles. The molecule has 0 spiro atoms. The molecule has 0 bridgehead atoms. The zero-order valence-electron chi connectivity index (χ0n) is 12.5. The Labute approximate surface area is 125 Å². The molecule has 1 aliphatic heterocycles. The highest BCUT2D eigenvalue weighted by atomic mass is 16.2. The summed E-state index contributed by atoms with van der Waals surface area (Å²) in [7, 11) is 0. The van der Waals surface area contributed by atoms with Crippen LogP contribution >= 0.6 is 0 Å². The first kappa shape index (κ1) is 14.0. The molecule has 0 unspecified atom stereocenters. The molecule has 1 fully saturated rings. The van der Waals surface area contributed by atoms with E-state index in [1.165, 1.54) is 10.9 Å². The fourth-order valence-electron chi connectivity index (χ4n) is 2.98. The van der Waals surface area contributed by atoms with Gasteiger partial charge in [0.05, 0.1) is 5.52 Å². The van der Waals surface area contributed by atoms with Gasteiger partial charge in [-0.3, -0.25) is 14.7 Å². The highest BCUT2D eigenvalue weighted by molar-refractivity contribution is 5.81. The molecule has 0 saturated carbocycles. The predicted molar refractivity (Wildman–Crippen MR) is 83.9 cm³/mol. The van der Waals surface area contributed by atoms with Crippen molar-refractivity contribution in [2.75, 3.05) is 26.2 Å². The number of para-hydroxylation sites is 1. The van der Waals surface area contributed by atoms with Gasteiger partial charge < -0.3 is 4.90 Å². The number of amides is 1. The maximum Gasteiger partial charge on any atom is 0.219 e. The van der Waals surface area contributed by atoms with E-state index >= 15 is 0 Å². The fourth-order valence-corrected chi connectivity index (χ4v) is 2.98. The number of pyridine rings is 1. The Morgan fingerprint density at radius 2 is 2.00 bits per heavy atom. The molecule has 2 heterocycles. The van der Waals surface area contributed by atoms with E-state index in [-0.39, 0.29) is 5.91 Å². The Bertz CT molecular complexity index is 635. The normalized spacial score (nSPS) is 16.9. The smallest absolute Gasteiger partial charge is 0.219 e. The molecule has 110 valence electrons. The van der Waals surface area contributed by atoms with Crippen LogP contribution in [0, 0.1) is 0 Å². The van der Waals surface area contributed by atoms with Crippen LogP contribution in [-0.2, 0) is 11.3 Å². The molecule has 4 nitrogen and oxygen atoms in total. The highest BCUT2D eigenvalue weighted by Crippen LogP contribution is 2.18. The van der Waals surface area contributed by atoms with Gasteiger partial charge in [0.1, 0.15) is 0 Å². The Morgan fingerprint density at radius 1 is 1.14 bits per heavy atom. The number of fused-ring (bicyclic) bond motifs is 1. The first-order valence-corrected chi connectivity index (χ1v) is 7.54. The maximum atomic E-state index is 11.5. The van der Waals surface area contributed by atoms with E-state index < -0.39 is 0 Å². The highest BCUT2D eigenvalue weighted by Gasteiger charge is 2.17. The minimum atomic E-state index is 0.184. The summed E-state index contributed by atoms with van der Waals surface area (Å²) < 4.78 is 0. The number of carbonyl (C=O) groups is 1. The van der Waals surface area contributed by atoms with Crippen molar-refractivity contribution in [1.29, 1.82) is 0 Å². The van der Waals surface area contributed by atoms with Gasteiger partial charge in [-0.25, -0.2) is 0 Å². The summed E-state index contributed by atoms with van der Waals surface area (Å²) in [6.07, 6.45) is 2.89. The van der Waals surface area contributed by atoms with Crippen LogP contribution in [0.2, 0.25) is 0 Å². The number of benzene rings is 1. The lowest BCUT2D eigenvalue weighted by atomic mass is 10.1. The molecule has 1 aliphatic rings. The van der Waals surface area contributed by atoms with Crippen molar-refractivity contribution in [1.82, 2.24) is 14.8 Å². The summed E-state index contributed by atoms with van der Waals surface area (Å²) in [5, 5.41) is 1.19. The van der Waals surface area contributed by atoms with Crippen molar-refractivity contribution < 1.29 is 4.79 Å². The minimum Gasteiger partial charge on any atom is -0.342 e. The Hall–Kier alpha value is -1.94. The lowest BCUT2D eigenvalue weighted by Crippen LogP contribution is -2.33.